The predicted octanol–water partition coefficient (Wildman–Crippen LogP) is -0.998. The standard InChI is InChI=1S/C30H48N2O14/c33-27-1-2-28(34)31(27)5-7-37-9-11-39-13-15-41-17-19-43-21-23-45-25-26-46-24-22-44-20-18-42-16-14-40-12-10-38-8-6-32-29(35)3-4-30(32)36/h1-4H,5-26H2. The Morgan fingerprint density at radius 3 is 0.609 bits per heavy atom. The highest BCUT2D eigenvalue weighted by atomic mass is 16.6. The maximum Gasteiger partial charge on any atom is 0.253 e. The van der Waals surface area contributed by atoms with E-state index in [1.165, 1.54) is 24.3 Å². The number of amides is 4. The highest BCUT2D eigenvalue weighted by Crippen LogP contribution is 2.03. The lowest BCUT2D eigenvalue weighted by molar-refractivity contribution is -0.139. The van der Waals surface area contributed by atoms with Crippen LogP contribution in [0.25, 0.3) is 0 Å². The highest BCUT2D eigenvalue weighted by Gasteiger charge is 2.23. The van der Waals surface area contributed by atoms with Crippen molar-refractivity contribution in [1.82, 2.24) is 9.80 Å². The average Bonchev–Trinajstić information content (AvgIpc) is 3.55. The largest absolute Gasteiger partial charge is 0.377 e. The van der Waals surface area contributed by atoms with Gasteiger partial charge in [-0.25, -0.2) is 0 Å². The molecule has 16 heteroatoms. The van der Waals surface area contributed by atoms with Crippen LogP contribution in [0, 0.1) is 0 Å². The van der Waals surface area contributed by atoms with Crippen LogP contribution >= 0.6 is 0 Å². The first-order valence-corrected chi connectivity index (χ1v) is 15.4. The van der Waals surface area contributed by atoms with Crippen LogP contribution in [-0.2, 0) is 66.5 Å². The summed E-state index contributed by atoms with van der Waals surface area (Å²) in [5.41, 5.74) is 0. The molecule has 0 spiro atoms. The third-order valence-electron chi connectivity index (χ3n) is 6.07. The van der Waals surface area contributed by atoms with Crippen LogP contribution in [0.15, 0.2) is 24.3 Å². The molecule has 0 aromatic heterocycles. The summed E-state index contributed by atoms with van der Waals surface area (Å²) in [6.45, 7) is 8.94. The summed E-state index contributed by atoms with van der Waals surface area (Å²) in [6.07, 6.45) is 5.00. The molecule has 0 N–H and O–H groups in total. The molecule has 2 aliphatic heterocycles. The van der Waals surface area contributed by atoms with Crippen LogP contribution in [0.2, 0.25) is 0 Å². The summed E-state index contributed by atoms with van der Waals surface area (Å²) in [4.78, 5) is 47.8. The van der Waals surface area contributed by atoms with Gasteiger partial charge >= 0.3 is 0 Å². The van der Waals surface area contributed by atoms with Crippen LogP contribution in [0.5, 0.6) is 0 Å². The van der Waals surface area contributed by atoms with E-state index in [9.17, 15) is 19.2 Å². The third kappa shape index (κ3) is 19.8. The molecule has 0 radical (unpaired) electrons. The van der Waals surface area contributed by atoms with E-state index in [0.717, 1.165) is 9.80 Å². The maximum absolute atomic E-state index is 11.4. The highest BCUT2D eigenvalue weighted by molar-refractivity contribution is 6.13. The molecular weight excluding hydrogens is 612 g/mol. The molecule has 16 nitrogen and oxygen atoms in total. The molecule has 2 aliphatic rings. The summed E-state index contributed by atoms with van der Waals surface area (Å²) >= 11 is 0. The zero-order valence-electron chi connectivity index (χ0n) is 26.5. The van der Waals surface area contributed by atoms with Crippen molar-refractivity contribution in [3.8, 4) is 0 Å². The Labute approximate surface area is 269 Å². The fourth-order valence-corrected chi connectivity index (χ4v) is 3.70. The Morgan fingerprint density at radius 2 is 0.435 bits per heavy atom. The summed E-state index contributed by atoms with van der Waals surface area (Å²) in [6, 6.07) is 0. The van der Waals surface area contributed by atoms with Gasteiger partial charge in [0.05, 0.1) is 145 Å². The first kappa shape index (κ1) is 39.5. The smallest absolute Gasteiger partial charge is 0.253 e. The molecule has 0 saturated heterocycles. The quantitative estimate of drug-likeness (QED) is 0.0621. The summed E-state index contributed by atoms with van der Waals surface area (Å²) < 4.78 is 54.1. The van der Waals surface area contributed by atoms with Crippen LogP contribution in [-0.4, -0.2) is 179 Å². The van der Waals surface area contributed by atoms with E-state index in [1.54, 1.807) is 0 Å². The third-order valence-corrected chi connectivity index (χ3v) is 6.07. The second kappa shape index (κ2) is 27.5. The zero-order chi connectivity index (χ0) is 32.9. The Balaban J connectivity index is 1.15. The van der Waals surface area contributed by atoms with Crippen LogP contribution in [0.1, 0.15) is 0 Å². The molecule has 0 fully saturated rings. The Bertz CT molecular complexity index is 808. The van der Waals surface area contributed by atoms with Gasteiger partial charge < -0.3 is 47.4 Å². The summed E-state index contributed by atoms with van der Waals surface area (Å²) in [5, 5.41) is 0. The van der Waals surface area contributed by atoms with Gasteiger partial charge in [0.2, 0.25) is 0 Å². The molecule has 4 amide bonds. The molecule has 2 heterocycles. The predicted molar refractivity (Wildman–Crippen MR) is 160 cm³/mol. The molecule has 0 aromatic rings. The number of nitrogens with zero attached hydrogens (tertiary/aromatic N) is 2. The maximum atomic E-state index is 11.4. The van der Waals surface area contributed by atoms with Gasteiger partial charge in [-0.3, -0.25) is 29.0 Å². The van der Waals surface area contributed by atoms with E-state index in [0.29, 0.717) is 119 Å². The first-order valence-electron chi connectivity index (χ1n) is 15.4. The Kier molecular flexibility index (Phi) is 23.6. The van der Waals surface area contributed by atoms with E-state index in [1.807, 2.05) is 0 Å². The van der Waals surface area contributed by atoms with Gasteiger partial charge in [0.1, 0.15) is 0 Å². The van der Waals surface area contributed by atoms with Gasteiger partial charge in [0.15, 0.2) is 0 Å². The second-order valence-electron chi connectivity index (χ2n) is 9.45. The van der Waals surface area contributed by atoms with Crippen molar-refractivity contribution in [3.05, 3.63) is 24.3 Å². The number of rotatable bonds is 33. The van der Waals surface area contributed by atoms with E-state index in [-0.39, 0.29) is 49.9 Å². The molecule has 0 aliphatic carbocycles. The van der Waals surface area contributed by atoms with Gasteiger partial charge in [-0.2, -0.15) is 0 Å². The molecule has 2 rings (SSSR count). The molecule has 0 bridgehead atoms. The SMILES string of the molecule is O=C1C=CC(=O)N1CCOCCOCCOCCOCCOCCOCCOCCOCCOCCOCCN1C(=O)C=CC1=O. The van der Waals surface area contributed by atoms with Crippen molar-refractivity contribution < 1.29 is 66.5 Å². The van der Waals surface area contributed by atoms with Crippen molar-refractivity contribution in [3.63, 3.8) is 0 Å². The number of ether oxygens (including phenoxy) is 10. The van der Waals surface area contributed by atoms with Crippen molar-refractivity contribution in [2.24, 2.45) is 0 Å². The van der Waals surface area contributed by atoms with Crippen molar-refractivity contribution in [2.45, 2.75) is 0 Å². The normalized spacial score (nSPS) is 14.6. The summed E-state index contributed by atoms with van der Waals surface area (Å²) in [5.74, 6) is -1.25. The summed E-state index contributed by atoms with van der Waals surface area (Å²) in [7, 11) is 0. The lowest BCUT2D eigenvalue weighted by Crippen LogP contribution is -2.33. The fraction of sp³-hybridized carbons (Fsp3) is 0.733. The molecule has 0 saturated carbocycles. The molecular formula is C30H48N2O14. The second-order valence-corrected chi connectivity index (χ2v) is 9.45. The molecule has 0 unspecified atom stereocenters. The molecule has 262 valence electrons. The van der Waals surface area contributed by atoms with Crippen molar-refractivity contribution in [2.75, 3.05) is 145 Å². The minimum absolute atomic E-state index is 0.233. The number of carbonyl (C=O) groups excluding carboxylic acids is 4. The number of hydrogen-bond acceptors (Lipinski definition) is 14. The molecule has 46 heavy (non-hydrogen) atoms. The lowest BCUT2D eigenvalue weighted by atomic mass is 10.5. The number of hydrogen-bond donors (Lipinski definition) is 0. The Hall–Kier alpha value is -2.64. The number of carbonyl (C=O) groups is 4. The van der Waals surface area contributed by atoms with E-state index in [2.05, 4.69) is 0 Å². The topological polar surface area (TPSA) is 167 Å². The first-order chi connectivity index (χ1) is 22.6. The van der Waals surface area contributed by atoms with E-state index >= 15 is 0 Å². The fourth-order valence-electron chi connectivity index (χ4n) is 3.70. The molecule has 0 atom stereocenters. The lowest BCUT2D eigenvalue weighted by Gasteiger charge is -2.13. The molecule has 0 aromatic carbocycles. The zero-order valence-corrected chi connectivity index (χ0v) is 26.5. The van der Waals surface area contributed by atoms with Gasteiger partial charge in [-0.05, 0) is 0 Å². The van der Waals surface area contributed by atoms with Gasteiger partial charge in [0.25, 0.3) is 23.6 Å². The van der Waals surface area contributed by atoms with Crippen LogP contribution in [0.4, 0.5) is 0 Å². The number of imide groups is 2. The van der Waals surface area contributed by atoms with Crippen molar-refractivity contribution >= 4 is 23.6 Å². The monoisotopic (exact) mass is 660 g/mol. The van der Waals surface area contributed by atoms with Gasteiger partial charge in [-0.15, -0.1) is 0 Å². The van der Waals surface area contributed by atoms with E-state index in [4.69, 9.17) is 47.4 Å². The van der Waals surface area contributed by atoms with E-state index < -0.39 is 0 Å². The van der Waals surface area contributed by atoms with Crippen molar-refractivity contribution in [1.29, 1.82) is 0 Å². The minimum atomic E-state index is -0.312. The minimum Gasteiger partial charge on any atom is -0.377 e. The average molecular weight is 661 g/mol. The van der Waals surface area contributed by atoms with Gasteiger partial charge in [0, 0.05) is 24.3 Å². The Morgan fingerprint density at radius 1 is 0.283 bits per heavy atom. The van der Waals surface area contributed by atoms with Crippen LogP contribution < -0.4 is 0 Å². The van der Waals surface area contributed by atoms with Crippen LogP contribution in [0.3, 0.4) is 0 Å². The van der Waals surface area contributed by atoms with Gasteiger partial charge in [-0.1, -0.05) is 0 Å².